The topological polar surface area (TPSA) is 101 Å². The molecule has 8 nitrogen and oxygen atoms in total. The van der Waals surface area contributed by atoms with Crippen LogP contribution in [0.25, 0.3) is 11.0 Å². The van der Waals surface area contributed by atoms with Crippen LogP contribution in [0, 0.1) is 6.92 Å². The molecule has 0 saturated heterocycles. The Morgan fingerprint density at radius 3 is 2.79 bits per heavy atom. The molecule has 3 aromatic rings. The Morgan fingerprint density at radius 2 is 2.08 bits per heavy atom. The maximum atomic E-state index is 12.4. The predicted octanol–water partition coefficient (Wildman–Crippen LogP) is 1.69. The molecular formula is C16H16N4O4. The first-order valence-corrected chi connectivity index (χ1v) is 7.30. The minimum Gasteiger partial charge on any atom is -0.478 e. The van der Waals surface area contributed by atoms with Crippen LogP contribution in [-0.4, -0.2) is 43.9 Å². The number of hydrogen-bond acceptors (Lipinski definition) is 5. The molecule has 0 aliphatic rings. The number of hydrogen-bond donors (Lipinski definition) is 1. The van der Waals surface area contributed by atoms with E-state index in [0.29, 0.717) is 11.5 Å². The first-order valence-electron chi connectivity index (χ1n) is 7.30. The third-order valence-corrected chi connectivity index (χ3v) is 3.72. The fourth-order valence-corrected chi connectivity index (χ4v) is 2.44. The van der Waals surface area contributed by atoms with Crippen LogP contribution in [0.15, 0.2) is 34.7 Å². The second-order valence-corrected chi connectivity index (χ2v) is 5.47. The van der Waals surface area contributed by atoms with Gasteiger partial charge in [-0.15, -0.1) is 5.10 Å². The standard InChI is InChI=1S/C16H16N4O4/c1-10-12(16(22)23)7-11(24-10)8-19(2)15(21)9-20-14-6-4-3-5-13(14)17-18-20/h3-7H,8-9H2,1-2H3,(H,22,23). The molecule has 1 amide bonds. The molecule has 0 bridgehead atoms. The maximum Gasteiger partial charge on any atom is 0.339 e. The number of carboxylic acid groups (broad SMARTS) is 1. The second-order valence-electron chi connectivity index (χ2n) is 5.47. The molecular weight excluding hydrogens is 312 g/mol. The number of carboxylic acids is 1. The fraction of sp³-hybridized carbons (Fsp3) is 0.250. The number of rotatable bonds is 5. The maximum absolute atomic E-state index is 12.4. The molecule has 0 fully saturated rings. The summed E-state index contributed by atoms with van der Waals surface area (Å²) in [6, 6.07) is 8.82. The average Bonchev–Trinajstić information content (AvgIpc) is 3.11. The number of nitrogens with zero attached hydrogens (tertiary/aromatic N) is 4. The van der Waals surface area contributed by atoms with Gasteiger partial charge in [0.1, 0.15) is 29.1 Å². The number of furan rings is 1. The van der Waals surface area contributed by atoms with Gasteiger partial charge in [0.15, 0.2) is 0 Å². The summed E-state index contributed by atoms with van der Waals surface area (Å²) in [7, 11) is 1.62. The van der Waals surface area contributed by atoms with Crippen molar-refractivity contribution in [2.75, 3.05) is 7.05 Å². The molecule has 0 saturated carbocycles. The Morgan fingerprint density at radius 1 is 1.33 bits per heavy atom. The molecule has 0 unspecified atom stereocenters. The zero-order valence-corrected chi connectivity index (χ0v) is 13.3. The van der Waals surface area contributed by atoms with Gasteiger partial charge in [0, 0.05) is 7.05 Å². The van der Waals surface area contributed by atoms with Crippen molar-refractivity contribution in [2.45, 2.75) is 20.0 Å². The Labute approximate surface area is 137 Å². The minimum atomic E-state index is -1.05. The normalized spacial score (nSPS) is 10.9. The largest absolute Gasteiger partial charge is 0.478 e. The highest BCUT2D eigenvalue weighted by atomic mass is 16.4. The number of aromatic carboxylic acids is 1. The number of carbonyl (C=O) groups excluding carboxylic acids is 1. The van der Waals surface area contributed by atoms with E-state index in [2.05, 4.69) is 10.3 Å². The predicted molar refractivity (Wildman–Crippen MR) is 84.4 cm³/mol. The Kier molecular flexibility index (Phi) is 4.03. The van der Waals surface area contributed by atoms with E-state index < -0.39 is 5.97 Å². The van der Waals surface area contributed by atoms with Gasteiger partial charge in [0.05, 0.1) is 12.1 Å². The monoisotopic (exact) mass is 328 g/mol. The highest BCUT2D eigenvalue weighted by Gasteiger charge is 2.18. The Bertz CT molecular complexity index is 912. The molecule has 0 aliphatic heterocycles. The molecule has 3 rings (SSSR count). The lowest BCUT2D eigenvalue weighted by Gasteiger charge is -2.15. The lowest BCUT2D eigenvalue weighted by atomic mass is 10.2. The van der Waals surface area contributed by atoms with Crippen molar-refractivity contribution >= 4 is 22.9 Å². The molecule has 2 aromatic heterocycles. The van der Waals surface area contributed by atoms with Crippen molar-refractivity contribution in [3.8, 4) is 0 Å². The smallest absolute Gasteiger partial charge is 0.339 e. The van der Waals surface area contributed by atoms with Gasteiger partial charge in [0.2, 0.25) is 5.91 Å². The van der Waals surface area contributed by atoms with Crippen LogP contribution in [-0.2, 0) is 17.9 Å². The fourth-order valence-electron chi connectivity index (χ4n) is 2.44. The van der Waals surface area contributed by atoms with Crippen LogP contribution in [0.1, 0.15) is 21.9 Å². The van der Waals surface area contributed by atoms with Crippen LogP contribution in [0.5, 0.6) is 0 Å². The number of amides is 1. The molecule has 0 radical (unpaired) electrons. The van der Waals surface area contributed by atoms with Crippen LogP contribution < -0.4 is 0 Å². The molecule has 2 heterocycles. The molecule has 24 heavy (non-hydrogen) atoms. The van der Waals surface area contributed by atoms with Crippen LogP contribution in [0.3, 0.4) is 0 Å². The van der Waals surface area contributed by atoms with Gasteiger partial charge in [-0.05, 0) is 25.1 Å². The molecule has 1 N–H and O–H groups in total. The van der Waals surface area contributed by atoms with E-state index in [9.17, 15) is 9.59 Å². The first-order chi connectivity index (χ1) is 11.5. The SMILES string of the molecule is Cc1oc(CN(C)C(=O)Cn2nnc3ccccc32)cc1C(=O)O. The number of benzene rings is 1. The van der Waals surface area contributed by atoms with Gasteiger partial charge in [0.25, 0.3) is 0 Å². The molecule has 124 valence electrons. The lowest BCUT2D eigenvalue weighted by molar-refractivity contribution is -0.131. The van der Waals surface area contributed by atoms with Crippen LogP contribution in [0.2, 0.25) is 0 Å². The van der Waals surface area contributed by atoms with Crippen LogP contribution in [0.4, 0.5) is 0 Å². The van der Waals surface area contributed by atoms with E-state index in [1.165, 1.54) is 15.6 Å². The highest BCUT2D eigenvalue weighted by Crippen LogP contribution is 2.16. The lowest BCUT2D eigenvalue weighted by Crippen LogP contribution is -2.30. The van der Waals surface area contributed by atoms with Crippen molar-refractivity contribution in [3.63, 3.8) is 0 Å². The second kappa shape index (κ2) is 6.15. The van der Waals surface area contributed by atoms with Crippen molar-refractivity contribution < 1.29 is 19.1 Å². The third kappa shape index (κ3) is 2.98. The van der Waals surface area contributed by atoms with Crippen molar-refractivity contribution in [2.24, 2.45) is 0 Å². The quantitative estimate of drug-likeness (QED) is 0.765. The highest BCUT2D eigenvalue weighted by molar-refractivity contribution is 5.88. The number of likely N-dealkylation sites (N-methyl/N-ethyl adjacent to an activating group) is 1. The number of fused-ring (bicyclic) bond motifs is 1. The summed E-state index contributed by atoms with van der Waals surface area (Å²) in [6.45, 7) is 1.80. The van der Waals surface area contributed by atoms with E-state index >= 15 is 0 Å². The summed E-state index contributed by atoms with van der Waals surface area (Å²) in [6.07, 6.45) is 0. The van der Waals surface area contributed by atoms with Crippen LogP contribution >= 0.6 is 0 Å². The van der Waals surface area contributed by atoms with Gasteiger partial charge in [-0.25, -0.2) is 9.48 Å². The number of aromatic nitrogens is 3. The van der Waals surface area contributed by atoms with Crippen molar-refractivity contribution in [3.05, 3.63) is 47.4 Å². The molecule has 1 aromatic carbocycles. The van der Waals surface area contributed by atoms with Gasteiger partial charge < -0.3 is 14.4 Å². The van der Waals surface area contributed by atoms with Gasteiger partial charge >= 0.3 is 5.97 Å². The van der Waals surface area contributed by atoms with E-state index in [-0.39, 0.29) is 24.6 Å². The number of para-hydroxylation sites is 1. The molecule has 0 spiro atoms. The summed E-state index contributed by atoms with van der Waals surface area (Å²) < 4.78 is 6.92. The Hall–Kier alpha value is -3.16. The van der Waals surface area contributed by atoms with Gasteiger partial charge in [-0.3, -0.25) is 4.79 Å². The minimum absolute atomic E-state index is 0.0441. The average molecular weight is 328 g/mol. The molecule has 0 atom stereocenters. The van der Waals surface area contributed by atoms with Gasteiger partial charge in [-0.1, -0.05) is 17.3 Å². The molecule has 8 heteroatoms. The summed E-state index contributed by atoms with van der Waals surface area (Å²) in [5.41, 5.74) is 1.61. The molecule has 0 aliphatic carbocycles. The van der Waals surface area contributed by atoms with Crippen molar-refractivity contribution in [1.29, 1.82) is 0 Å². The summed E-state index contributed by atoms with van der Waals surface area (Å²) in [5, 5.41) is 17.0. The third-order valence-electron chi connectivity index (χ3n) is 3.72. The summed E-state index contributed by atoms with van der Waals surface area (Å²) in [4.78, 5) is 24.9. The number of carbonyl (C=O) groups is 2. The van der Waals surface area contributed by atoms with Crippen molar-refractivity contribution in [1.82, 2.24) is 19.9 Å². The van der Waals surface area contributed by atoms with E-state index in [0.717, 1.165) is 11.0 Å². The summed E-state index contributed by atoms with van der Waals surface area (Å²) in [5.74, 6) is -0.494. The first kappa shape index (κ1) is 15.7. The Balaban J connectivity index is 1.71. The van der Waals surface area contributed by atoms with E-state index in [1.54, 1.807) is 14.0 Å². The van der Waals surface area contributed by atoms with E-state index in [4.69, 9.17) is 9.52 Å². The van der Waals surface area contributed by atoms with E-state index in [1.807, 2.05) is 24.3 Å². The zero-order valence-electron chi connectivity index (χ0n) is 13.3. The summed E-state index contributed by atoms with van der Waals surface area (Å²) >= 11 is 0. The zero-order chi connectivity index (χ0) is 17.3. The van der Waals surface area contributed by atoms with Gasteiger partial charge in [-0.2, -0.15) is 0 Å². The number of aryl methyl sites for hydroxylation is 1.